The van der Waals surface area contributed by atoms with Crippen molar-refractivity contribution in [2.75, 3.05) is 12.0 Å². The van der Waals surface area contributed by atoms with Crippen LogP contribution in [-0.4, -0.2) is 50.5 Å². The standard InChI is InChI=1S/C34H21Br2Cl2F5N2O6/c1-51-17-9-15(20(35)21(36)28(17)46)19-13-7-8-14-18(30(48)44(29(14)47)11-12-5-3-2-4-6-12)16(13)10-33(37)31(49)45(32(50)34(19,33)38)27-25(42)23(40)22(39)24(41)26(27)43/h2-7,9,14,16,18-19,46H,8,10-11H2,1H3/t14-,16+,18-,19+,33+,34-/m0/s1. The van der Waals surface area contributed by atoms with Gasteiger partial charge in [0.1, 0.15) is 5.69 Å². The van der Waals surface area contributed by atoms with Gasteiger partial charge in [-0.2, -0.15) is 0 Å². The lowest BCUT2D eigenvalue weighted by Crippen LogP contribution is -2.60. The van der Waals surface area contributed by atoms with Gasteiger partial charge in [0.15, 0.2) is 44.5 Å². The molecule has 2 aliphatic heterocycles. The van der Waals surface area contributed by atoms with E-state index in [0.29, 0.717) is 5.56 Å². The Morgan fingerprint density at radius 2 is 1.49 bits per heavy atom. The van der Waals surface area contributed by atoms with E-state index in [9.17, 15) is 37.5 Å². The number of alkyl halides is 2. The van der Waals surface area contributed by atoms with E-state index in [1.165, 1.54) is 13.2 Å². The number of hydrogen-bond donors (Lipinski definition) is 1. The van der Waals surface area contributed by atoms with Crippen LogP contribution in [0.4, 0.5) is 27.6 Å². The molecular formula is C34H21Br2Cl2F5N2O6. The molecule has 266 valence electrons. The smallest absolute Gasteiger partial charge is 0.258 e. The minimum absolute atomic E-state index is 0.0109. The molecular weight excluding hydrogens is 858 g/mol. The third kappa shape index (κ3) is 4.72. The van der Waals surface area contributed by atoms with Gasteiger partial charge < -0.3 is 9.84 Å². The number of phenolic OH excluding ortho intramolecular Hbond substituents is 1. The fourth-order valence-corrected chi connectivity index (χ4v) is 9.76. The number of phenols is 1. The van der Waals surface area contributed by atoms with E-state index in [2.05, 4.69) is 31.9 Å². The van der Waals surface area contributed by atoms with Crippen LogP contribution in [0.25, 0.3) is 0 Å². The summed E-state index contributed by atoms with van der Waals surface area (Å²) >= 11 is 21.0. The summed E-state index contributed by atoms with van der Waals surface area (Å²) in [6, 6.07) is 9.94. The van der Waals surface area contributed by atoms with E-state index in [1.54, 1.807) is 36.4 Å². The summed E-state index contributed by atoms with van der Waals surface area (Å²) in [6.45, 7) is -0.0679. The van der Waals surface area contributed by atoms with Gasteiger partial charge in [0.25, 0.3) is 11.8 Å². The van der Waals surface area contributed by atoms with Gasteiger partial charge in [-0.25, -0.2) is 26.9 Å². The third-order valence-corrected chi connectivity index (χ3v) is 13.8. The summed E-state index contributed by atoms with van der Waals surface area (Å²) < 4.78 is 79.0. The van der Waals surface area contributed by atoms with Crippen molar-refractivity contribution in [3.05, 3.63) is 97.2 Å². The number of halogens is 9. The molecule has 4 aliphatic rings. The Morgan fingerprint density at radius 3 is 2.10 bits per heavy atom. The van der Waals surface area contributed by atoms with Crippen LogP contribution in [0.2, 0.25) is 0 Å². The molecule has 0 unspecified atom stereocenters. The fourth-order valence-electron chi connectivity index (χ4n) is 7.88. The first-order chi connectivity index (χ1) is 24.0. The van der Waals surface area contributed by atoms with Crippen LogP contribution in [0.5, 0.6) is 11.5 Å². The van der Waals surface area contributed by atoms with Gasteiger partial charge in [-0.3, -0.25) is 24.1 Å². The predicted molar refractivity (Wildman–Crippen MR) is 178 cm³/mol. The second-order valence-corrected chi connectivity index (χ2v) is 15.4. The topological polar surface area (TPSA) is 104 Å². The molecule has 0 aromatic heterocycles. The molecule has 2 saturated heterocycles. The molecule has 6 atom stereocenters. The number of hydrogen-bond acceptors (Lipinski definition) is 6. The monoisotopic (exact) mass is 876 g/mol. The highest BCUT2D eigenvalue weighted by molar-refractivity contribution is 9.13. The van der Waals surface area contributed by atoms with Crippen LogP contribution in [-0.2, 0) is 25.7 Å². The molecule has 0 radical (unpaired) electrons. The number of ether oxygens (including phenoxy) is 1. The average Bonchev–Trinajstić information content (AvgIpc) is 3.44. The van der Waals surface area contributed by atoms with Crippen molar-refractivity contribution in [2.45, 2.75) is 35.1 Å². The summed E-state index contributed by atoms with van der Waals surface area (Å²) in [4.78, 5) is 52.2. The summed E-state index contributed by atoms with van der Waals surface area (Å²) in [5, 5.41) is 10.7. The van der Waals surface area contributed by atoms with Crippen molar-refractivity contribution in [2.24, 2.45) is 17.8 Å². The molecule has 4 amide bonds. The number of fused-ring (bicyclic) bond motifs is 4. The number of allylic oxidation sites excluding steroid dienone is 2. The number of anilines is 1. The van der Waals surface area contributed by atoms with Crippen molar-refractivity contribution < 1.29 is 51.0 Å². The first-order valence-corrected chi connectivity index (χ1v) is 17.5. The minimum Gasteiger partial charge on any atom is -0.503 e. The van der Waals surface area contributed by atoms with Gasteiger partial charge in [-0.1, -0.05) is 42.0 Å². The molecule has 0 spiro atoms. The molecule has 7 rings (SSSR count). The maximum absolute atomic E-state index is 15.3. The largest absolute Gasteiger partial charge is 0.503 e. The normalized spacial score (nSPS) is 28.5. The lowest BCUT2D eigenvalue weighted by molar-refractivity contribution is -0.141. The highest BCUT2D eigenvalue weighted by Crippen LogP contribution is 2.67. The summed E-state index contributed by atoms with van der Waals surface area (Å²) in [7, 11) is 1.22. The number of aromatic hydroxyl groups is 1. The molecule has 0 bridgehead atoms. The number of methoxy groups -OCH3 is 1. The third-order valence-electron chi connectivity index (χ3n) is 10.2. The van der Waals surface area contributed by atoms with E-state index < -0.39 is 104 Å². The summed E-state index contributed by atoms with van der Waals surface area (Å²) in [6.07, 6.45) is 0.902. The maximum atomic E-state index is 15.3. The van der Waals surface area contributed by atoms with Gasteiger partial charge in [-0.05, 0) is 67.8 Å². The number of carbonyl (C=O) groups is 4. The first-order valence-electron chi connectivity index (χ1n) is 15.1. The number of amides is 4. The van der Waals surface area contributed by atoms with E-state index in [0.717, 1.165) is 4.90 Å². The highest BCUT2D eigenvalue weighted by atomic mass is 79.9. The number of carbonyl (C=O) groups excluding carboxylic acids is 4. The number of benzene rings is 3. The van der Waals surface area contributed by atoms with Crippen LogP contribution < -0.4 is 9.64 Å². The van der Waals surface area contributed by atoms with Gasteiger partial charge in [-0.15, -0.1) is 23.2 Å². The molecule has 17 heteroatoms. The zero-order valence-corrected chi connectivity index (χ0v) is 30.4. The molecule has 3 aromatic carbocycles. The van der Waals surface area contributed by atoms with Crippen LogP contribution in [0.3, 0.4) is 0 Å². The van der Waals surface area contributed by atoms with Crippen LogP contribution in [0.1, 0.15) is 29.9 Å². The molecule has 1 N–H and O–H groups in total. The molecule has 2 heterocycles. The van der Waals surface area contributed by atoms with Gasteiger partial charge in [0.2, 0.25) is 17.6 Å². The van der Waals surface area contributed by atoms with Crippen molar-refractivity contribution in [3.8, 4) is 11.5 Å². The lowest BCUT2D eigenvalue weighted by atomic mass is 9.56. The van der Waals surface area contributed by atoms with Gasteiger partial charge >= 0.3 is 0 Å². The molecule has 3 fully saturated rings. The highest BCUT2D eigenvalue weighted by Gasteiger charge is 2.77. The zero-order valence-electron chi connectivity index (χ0n) is 25.8. The SMILES string of the molecule is COc1cc([C@H]2C3=CC[C@@H]4C(=O)N(Cc5ccccc5)C(=O)[C@@H]4[C@@H]3C[C@@]3(Cl)C(=O)N(c4c(F)c(F)c(F)c(F)c4F)C(=O)[C@@]23Cl)c(Br)c(Br)c1O. The van der Waals surface area contributed by atoms with E-state index >= 15 is 8.78 Å². The predicted octanol–water partition coefficient (Wildman–Crippen LogP) is 7.38. The zero-order chi connectivity index (χ0) is 37.1. The second-order valence-electron chi connectivity index (χ2n) is 12.6. The van der Waals surface area contributed by atoms with Gasteiger partial charge in [0.05, 0.1) is 30.0 Å². The number of likely N-dealkylation sites (tertiary alicyclic amines) is 1. The summed E-state index contributed by atoms with van der Waals surface area (Å²) in [5.74, 6) is -22.0. The number of nitrogens with zero attached hydrogens (tertiary/aromatic N) is 2. The summed E-state index contributed by atoms with van der Waals surface area (Å²) in [5.41, 5.74) is -0.953. The van der Waals surface area contributed by atoms with Crippen molar-refractivity contribution in [3.63, 3.8) is 0 Å². The Hall–Kier alpha value is -3.53. The first kappa shape index (κ1) is 35.9. The van der Waals surface area contributed by atoms with Crippen LogP contribution >= 0.6 is 55.1 Å². The average molecular weight is 879 g/mol. The molecule has 2 aliphatic carbocycles. The number of imide groups is 2. The van der Waals surface area contributed by atoms with Crippen molar-refractivity contribution >= 4 is 84.4 Å². The van der Waals surface area contributed by atoms with E-state index in [-0.39, 0.29) is 43.7 Å². The van der Waals surface area contributed by atoms with E-state index in [4.69, 9.17) is 27.9 Å². The molecule has 51 heavy (non-hydrogen) atoms. The second kappa shape index (κ2) is 12.3. The van der Waals surface area contributed by atoms with E-state index in [1.807, 2.05) is 0 Å². The fraction of sp³-hybridized carbons (Fsp3) is 0.294. The minimum atomic E-state index is -2.75. The lowest BCUT2D eigenvalue weighted by Gasteiger charge is -2.51. The van der Waals surface area contributed by atoms with Crippen LogP contribution in [0.15, 0.2) is 57.0 Å². The Bertz CT molecular complexity index is 2110. The Morgan fingerprint density at radius 1 is 0.882 bits per heavy atom. The Balaban J connectivity index is 1.45. The maximum Gasteiger partial charge on any atom is 0.258 e. The van der Waals surface area contributed by atoms with Gasteiger partial charge in [0, 0.05) is 10.4 Å². The quantitative estimate of drug-likeness (QED) is 0.0717. The Labute approximate surface area is 312 Å². The van der Waals surface area contributed by atoms with Crippen LogP contribution in [0, 0.1) is 46.8 Å². The van der Waals surface area contributed by atoms with Crippen molar-refractivity contribution in [1.82, 2.24) is 4.90 Å². The molecule has 3 aromatic rings. The van der Waals surface area contributed by atoms with Crippen molar-refractivity contribution in [1.29, 1.82) is 0 Å². The molecule has 8 nitrogen and oxygen atoms in total. The molecule has 1 saturated carbocycles. The Kier molecular flexibility index (Phi) is 8.63. The number of rotatable bonds is 5.